The topological polar surface area (TPSA) is 41.1 Å². The molecule has 2 amide bonds. The Morgan fingerprint density at radius 3 is 2.60 bits per heavy atom. The van der Waals surface area contributed by atoms with Crippen molar-refractivity contribution in [2.75, 3.05) is 5.32 Å². The average molecular weight is 212 g/mol. The number of halogens is 2. The number of amides is 2. The van der Waals surface area contributed by atoms with Crippen molar-refractivity contribution in [3.8, 4) is 0 Å². The lowest BCUT2D eigenvalue weighted by molar-refractivity contribution is 0.254. The van der Waals surface area contributed by atoms with Gasteiger partial charge in [-0.15, -0.1) is 0 Å². The second-order valence-electron chi connectivity index (χ2n) is 2.98. The Morgan fingerprint density at radius 2 is 2.07 bits per heavy atom. The van der Waals surface area contributed by atoms with E-state index in [9.17, 15) is 13.6 Å². The number of rotatable bonds is 2. The molecule has 0 aliphatic heterocycles. The van der Waals surface area contributed by atoms with Gasteiger partial charge in [-0.1, -0.05) is 6.58 Å². The number of anilines is 1. The lowest BCUT2D eigenvalue weighted by Crippen LogP contribution is -2.27. The fourth-order valence-electron chi connectivity index (χ4n) is 0.938. The zero-order chi connectivity index (χ0) is 11.4. The first kappa shape index (κ1) is 11.2. The van der Waals surface area contributed by atoms with Gasteiger partial charge in [0.05, 0.1) is 5.69 Å². The van der Waals surface area contributed by atoms with Crippen LogP contribution in [-0.2, 0) is 0 Å². The zero-order valence-corrected chi connectivity index (χ0v) is 8.10. The Morgan fingerprint density at radius 1 is 1.40 bits per heavy atom. The smallest absolute Gasteiger partial charge is 0.312 e. The average Bonchev–Trinajstić information content (AvgIpc) is 2.08. The van der Waals surface area contributed by atoms with E-state index < -0.39 is 17.7 Å². The number of hydrogen-bond acceptors (Lipinski definition) is 1. The molecule has 0 fully saturated rings. The molecule has 5 heteroatoms. The highest BCUT2D eigenvalue weighted by molar-refractivity contribution is 5.90. The first-order valence-corrected chi connectivity index (χ1v) is 4.17. The normalized spacial score (nSPS) is 9.53. The number of carbonyl (C=O) groups is 1. The van der Waals surface area contributed by atoms with E-state index in [0.29, 0.717) is 11.8 Å². The van der Waals surface area contributed by atoms with Crippen molar-refractivity contribution in [2.24, 2.45) is 0 Å². The minimum atomic E-state index is -0.827. The molecule has 0 atom stereocenters. The van der Waals surface area contributed by atoms with E-state index in [1.54, 1.807) is 6.92 Å². The summed E-state index contributed by atoms with van der Waals surface area (Å²) in [6.07, 6.45) is 0. The summed E-state index contributed by atoms with van der Waals surface area (Å²) in [5.74, 6) is -1.52. The van der Waals surface area contributed by atoms with Crippen LogP contribution in [-0.4, -0.2) is 6.03 Å². The third kappa shape index (κ3) is 3.38. The number of carbonyl (C=O) groups excluding carboxylic acids is 1. The van der Waals surface area contributed by atoms with Crippen LogP contribution in [0.15, 0.2) is 30.5 Å². The molecule has 2 N–H and O–H groups in total. The van der Waals surface area contributed by atoms with Crippen LogP contribution >= 0.6 is 0 Å². The van der Waals surface area contributed by atoms with Crippen LogP contribution in [0.3, 0.4) is 0 Å². The van der Waals surface area contributed by atoms with E-state index in [-0.39, 0.29) is 5.69 Å². The van der Waals surface area contributed by atoms with Gasteiger partial charge in [0.15, 0.2) is 0 Å². The SMILES string of the molecule is C=C(C)NC(=O)Nc1ccc(F)cc1F. The standard InChI is InChI=1S/C10H10F2N2O/c1-6(2)13-10(15)14-9-4-3-7(11)5-8(9)12/h3-5H,1H2,2H3,(H2,13,14,15). The molecule has 0 aliphatic carbocycles. The van der Waals surface area contributed by atoms with Crippen molar-refractivity contribution in [2.45, 2.75) is 6.92 Å². The molecule has 1 rings (SSSR count). The molecule has 0 aliphatic rings. The molecule has 0 unspecified atom stereocenters. The Labute approximate surface area is 85.8 Å². The maximum Gasteiger partial charge on any atom is 0.323 e. The Hall–Kier alpha value is -1.91. The molecule has 0 bridgehead atoms. The molecule has 0 saturated carbocycles. The summed E-state index contributed by atoms with van der Waals surface area (Å²) in [6.45, 7) is 5.03. The highest BCUT2D eigenvalue weighted by Crippen LogP contribution is 2.14. The van der Waals surface area contributed by atoms with E-state index in [1.165, 1.54) is 0 Å². The fraction of sp³-hybridized carbons (Fsp3) is 0.100. The Balaban J connectivity index is 2.72. The second-order valence-corrected chi connectivity index (χ2v) is 2.98. The molecule has 1 aromatic carbocycles. The lowest BCUT2D eigenvalue weighted by Gasteiger charge is -2.07. The molecule has 80 valence electrons. The summed E-state index contributed by atoms with van der Waals surface area (Å²) >= 11 is 0. The Bertz CT molecular complexity index is 404. The fourth-order valence-corrected chi connectivity index (χ4v) is 0.938. The van der Waals surface area contributed by atoms with Crippen LogP contribution in [0.1, 0.15) is 6.92 Å². The van der Waals surface area contributed by atoms with Gasteiger partial charge in [0.1, 0.15) is 11.6 Å². The highest BCUT2D eigenvalue weighted by atomic mass is 19.1. The predicted octanol–water partition coefficient (Wildman–Crippen LogP) is 2.62. The summed E-state index contributed by atoms with van der Waals surface area (Å²) in [7, 11) is 0. The van der Waals surface area contributed by atoms with E-state index in [0.717, 1.165) is 12.1 Å². The molecule has 3 nitrogen and oxygen atoms in total. The monoisotopic (exact) mass is 212 g/mol. The largest absolute Gasteiger partial charge is 0.323 e. The van der Waals surface area contributed by atoms with Crippen molar-refractivity contribution in [1.82, 2.24) is 5.32 Å². The van der Waals surface area contributed by atoms with Gasteiger partial charge in [0.25, 0.3) is 0 Å². The number of urea groups is 1. The molecule has 15 heavy (non-hydrogen) atoms. The predicted molar refractivity (Wildman–Crippen MR) is 53.3 cm³/mol. The first-order chi connectivity index (χ1) is 6.99. The van der Waals surface area contributed by atoms with Gasteiger partial charge in [-0.2, -0.15) is 0 Å². The van der Waals surface area contributed by atoms with E-state index in [2.05, 4.69) is 17.2 Å². The van der Waals surface area contributed by atoms with Gasteiger partial charge in [-0.05, 0) is 19.1 Å². The quantitative estimate of drug-likeness (QED) is 0.777. The van der Waals surface area contributed by atoms with Gasteiger partial charge < -0.3 is 10.6 Å². The summed E-state index contributed by atoms with van der Waals surface area (Å²) in [5, 5.41) is 4.54. The number of nitrogens with one attached hydrogen (secondary N) is 2. The third-order valence-electron chi connectivity index (χ3n) is 1.51. The van der Waals surface area contributed by atoms with Gasteiger partial charge in [0.2, 0.25) is 0 Å². The molecule has 0 heterocycles. The van der Waals surface area contributed by atoms with Crippen LogP contribution in [0.2, 0.25) is 0 Å². The molecular weight excluding hydrogens is 202 g/mol. The van der Waals surface area contributed by atoms with E-state index in [4.69, 9.17) is 0 Å². The van der Waals surface area contributed by atoms with Crippen LogP contribution in [0, 0.1) is 11.6 Å². The highest BCUT2D eigenvalue weighted by Gasteiger charge is 2.06. The molecule has 0 spiro atoms. The van der Waals surface area contributed by atoms with Crippen LogP contribution < -0.4 is 10.6 Å². The van der Waals surface area contributed by atoms with Gasteiger partial charge in [-0.3, -0.25) is 0 Å². The molecule has 0 aromatic heterocycles. The molecule has 0 radical (unpaired) electrons. The minimum absolute atomic E-state index is 0.0878. The number of benzene rings is 1. The summed E-state index contributed by atoms with van der Waals surface area (Å²) in [6, 6.07) is 2.27. The van der Waals surface area contributed by atoms with Crippen LogP contribution in [0.25, 0.3) is 0 Å². The van der Waals surface area contributed by atoms with Gasteiger partial charge in [0, 0.05) is 11.8 Å². The lowest BCUT2D eigenvalue weighted by atomic mass is 10.3. The Kier molecular flexibility index (Phi) is 3.38. The van der Waals surface area contributed by atoms with Crippen molar-refractivity contribution < 1.29 is 13.6 Å². The zero-order valence-electron chi connectivity index (χ0n) is 8.10. The van der Waals surface area contributed by atoms with Crippen molar-refractivity contribution >= 4 is 11.7 Å². The third-order valence-corrected chi connectivity index (χ3v) is 1.51. The maximum absolute atomic E-state index is 13.0. The summed E-state index contributed by atoms with van der Waals surface area (Å²) in [5.41, 5.74) is 0.338. The molecule has 1 aromatic rings. The second kappa shape index (κ2) is 4.54. The number of hydrogen-bond donors (Lipinski definition) is 2. The van der Waals surface area contributed by atoms with Gasteiger partial charge in [-0.25, -0.2) is 13.6 Å². The summed E-state index contributed by atoms with van der Waals surface area (Å²) in [4.78, 5) is 11.1. The van der Waals surface area contributed by atoms with E-state index >= 15 is 0 Å². The van der Waals surface area contributed by atoms with Crippen LogP contribution in [0.4, 0.5) is 19.3 Å². The van der Waals surface area contributed by atoms with Crippen molar-refractivity contribution in [3.63, 3.8) is 0 Å². The minimum Gasteiger partial charge on any atom is -0.312 e. The number of allylic oxidation sites excluding steroid dienone is 1. The maximum atomic E-state index is 13.0. The van der Waals surface area contributed by atoms with E-state index in [1.807, 2.05) is 0 Å². The van der Waals surface area contributed by atoms with Crippen LogP contribution in [0.5, 0.6) is 0 Å². The van der Waals surface area contributed by atoms with Crippen molar-refractivity contribution in [3.05, 3.63) is 42.1 Å². The first-order valence-electron chi connectivity index (χ1n) is 4.17. The summed E-state index contributed by atoms with van der Waals surface area (Å²) < 4.78 is 25.6. The molecule has 0 saturated heterocycles. The molecular formula is C10H10F2N2O. The van der Waals surface area contributed by atoms with Crippen molar-refractivity contribution in [1.29, 1.82) is 0 Å². The van der Waals surface area contributed by atoms with Gasteiger partial charge >= 0.3 is 6.03 Å².